The molecule has 1 aromatic carbocycles. The molecule has 1 amide bonds. The summed E-state index contributed by atoms with van der Waals surface area (Å²) in [5, 5.41) is 0. The summed E-state index contributed by atoms with van der Waals surface area (Å²) in [5.41, 5.74) is 6.72. The van der Waals surface area contributed by atoms with E-state index in [1.807, 2.05) is 0 Å². The molecule has 0 aliphatic rings. The fraction of sp³-hybridized carbons (Fsp3) is 0.125. The van der Waals surface area contributed by atoms with Crippen molar-refractivity contribution in [3.63, 3.8) is 0 Å². The summed E-state index contributed by atoms with van der Waals surface area (Å²) in [4.78, 5) is 10.6. The minimum Gasteiger partial charge on any atom is -0.663 e. The fourth-order valence-electron chi connectivity index (χ4n) is 0.858. The summed E-state index contributed by atoms with van der Waals surface area (Å²) in [6.45, 7) is 0. The van der Waals surface area contributed by atoms with Gasteiger partial charge in [-0.1, -0.05) is 0 Å². The van der Waals surface area contributed by atoms with Gasteiger partial charge in [-0.2, -0.15) is 0 Å². The van der Waals surface area contributed by atoms with Crippen LogP contribution in [-0.4, -0.2) is 13.0 Å². The quantitative estimate of drug-likeness (QED) is 0.816. The Bertz CT molecular complexity index is 317. The molecule has 71 valence electrons. The van der Waals surface area contributed by atoms with Crippen LogP contribution in [0.25, 0.3) is 5.73 Å². The third-order valence-electron chi connectivity index (χ3n) is 1.41. The van der Waals surface area contributed by atoms with Crippen LogP contribution in [0.5, 0.6) is 5.75 Å². The normalized spacial score (nSPS) is 8.77. The second-order valence-corrected chi connectivity index (χ2v) is 2.17. The number of amides is 1. The zero-order valence-electron chi connectivity index (χ0n) is 6.80. The van der Waals surface area contributed by atoms with Crippen molar-refractivity contribution in [2.24, 2.45) is 0 Å². The third kappa shape index (κ3) is 2.80. The third-order valence-corrected chi connectivity index (χ3v) is 1.41. The predicted octanol–water partition coefficient (Wildman–Crippen LogP) is 2.02. The summed E-state index contributed by atoms with van der Waals surface area (Å²) in [5.74, 6) is -1.28. The zero-order valence-corrected chi connectivity index (χ0v) is 9.52. The summed E-state index contributed by atoms with van der Waals surface area (Å²) in [6, 6.07) is 3.47. The van der Waals surface area contributed by atoms with E-state index >= 15 is 0 Å². The molecule has 1 rings (SSSR count). The first-order valence-electron chi connectivity index (χ1n) is 3.24. The Hall–Kier alpha value is -0.918. The second-order valence-electron chi connectivity index (χ2n) is 2.17. The van der Waals surface area contributed by atoms with Crippen molar-refractivity contribution in [2.45, 2.75) is 0 Å². The minimum absolute atomic E-state index is 0. The molecule has 0 spiro atoms. The van der Waals surface area contributed by atoms with Crippen LogP contribution in [0.1, 0.15) is 10.4 Å². The van der Waals surface area contributed by atoms with Gasteiger partial charge in [0, 0.05) is 26.0 Å². The summed E-state index contributed by atoms with van der Waals surface area (Å²) in [7, 11) is 1.36. The number of benzene rings is 1. The number of hydrogen-bond acceptors (Lipinski definition) is 2. The van der Waals surface area contributed by atoms with Crippen molar-refractivity contribution < 1.29 is 34.3 Å². The maximum absolute atomic E-state index is 12.6. The maximum atomic E-state index is 12.6. The van der Waals surface area contributed by atoms with Gasteiger partial charge in [-0.15, -0.1) is 0 Å². The van der Waals surface area contributed by atoms with Gasteiger partial charge in [0.2, 0.25) is 0 Å². The molecule has 5 heteroatoms. The Morgan fingerprint density at radius 3 is 2.62 bits per heavy atom. The van der Waals surface area contributed by atoms with E-state index in [4.69, 9.17) is 10.5 Å². The van der Waals surface area contributed by atoms with E-state index in [-0.39, 0.29) is 31.7 Å². The predicted molar refractivity (Wildman–Crippen MR) is 41.6 cm³/mol. The molecule has 0 aromatic heterocycles. The van der Waals surface area contributed by atoms with Gasteiger partial charge in [0.15, 0.2) is 0 Å². The minimum atomic E-state index is -0.952. The van der Waals surface area contributed by atoms with Crippen molar-refractivity contribution in [1.29, 1.82) is 0 Å². The van der Waals surface area contributed by atoms with Crippen LogP contribution in [0, 0.1) is 5.82 Å². The zero-order chi connectivity index (χ0) is 9.14. The van der Waals surface area contributed by atoms with Crippen molar-refractivity contribution in [3.05, 3.63) is 35.3 Å². The largest absolute Gasteiger partial charge is 0.663 e. The van der Waals surface area contributed by atoms with Gasteiger partial charge in [0.05, 0.1) is 13.0 Å². The molecule has 1 radical (unpaired) electrons. The Balaban J connectivity index is 0.00000144. The fourth-order valence-corrected chi connectivity index (χ4v) is 0.858. The number of hydrogen-bond donors (Lipinski definition) is 0. The molecule has 0 heterocycles. The molecule has 0 unspecified atom stereocenters. The molecule has 0 bridgehead atoms. The Labute approximate surface area is 88.7 Å². The molecule has 3 nitrogen and oxygen atoms in total. The molecule has 0 saturated heterocycles. The van der Waals surface area contributed by atoms with E-state index in [0.29, 0.717) is 0 Å². The Morgan fingerprint density at radius 2 is 2.15 bits per heavy atom. The molecule has 0 fully saturated rings. The van der Waals surface area contributed by atoms with E-state index in [2.05, 4.69) is 0 Å². The molecule has 1 N–H and O–H groups in total. The first-order chi connectivity index (χ1) is 5.65. The first-order valence-corrected chi connectivity index (χ1v) is 3.24. The second kappa shape index (κ2) is 4.95. The van der Waals surface area contributed by atoms with Gasteiger partial charge in [0.1, 0.15) is 11.6 Å². The maximum Gasteiger partial charge on any atom is 0.128 e. The number of methoxy groups -OCH3 is 1. The molecule has 0 aliphatic heterocycles. The van der Waals surface area contributed by atoms with E-state index in [1.165, 1.54) is 19.2 Å². The topological polar surface area (TPSA) is 50.1 Å². The molecular weight excluding hydrogens is 347 g/mol. The van der Waals surface area contributed by atoms with Crippen LogP contribution in [-0.2, 0) is 20.4 Å². The molecule has 0 saturated carbocycles. The van der Waals surface area contributed by atoms with Crippen LogP contribution in [0.15, 0.2) is 18.2 Å². The monoisotopic (exact) mass is 355 g/mol. The van der Waals surface area contributed by atoms with Gasteiger partial charge >= 0.3 is 0 Å². The summed E-state index contributed by atoms with van der Waals surface area (Å²) in [6.07, 6.45) is 0. The smallest absolute Gasteiger partial charge is 0.128 e. The van der Waals surface area contributed by atoms with E-state index in [0.717, 1.165) is 6.07 Å². The van der Waals surface area contributed by atoms with Gasteiger partial charge in [-0.3, -0.25) is 0 Å². The van der Waals surface area contributed by atoms with Gasteiger partial charge in [0.25, 0.3) is 0 Å². The summed E-state index contributed by atoms with van der Waals surface area (Å²) >= 11 is 0. The average molecular weight is 354 g/mol. The van der Waals surface area contributed by atoms with E-state index in [9.17, 15) is 9.18 Å². The Kier molecular flexibility index (Phi) is 4.60. The van der Waals surface area contributed by atoms with Gasteiger partial charge < -0.3 is 15.3 Å². The molecular formula is C8H7FNO2Re-. The number of nitrogens with one attached hydrogen (secondary N) is 1. The van der Waals surface area contributed by atoms with Gasteiger partial charge in [-0.05, 0) is 18.2 Å². The van der Waals surface area contributed by atoms with Gasteiger partial charge in [-0.25, -0.2) is 4.39 Å². The van der Waals surface area contributed by atoms with Crippen LogP contribution in [0.2, 0.25) is 0 Å². The van der Waals surface area contributed by atoms with Crippen LogP contribution in [0.4, 0.5) is 4.39 Å². The molecule has 0 aliphatic carbocycles. The molecule has 0 atom stereocenters. The van der Waals surface area contributed by atoms with Crippen LogP contribution in [0.3, 0.4) is 0 Å². The van der Waals surface area contributed by atoms with Crippen LogP contribution >= 0.6 is 0 Å². The standard InChI is InChI=1S/C8H8FNO2.Re/c1-12-7-3-2-5(9)4-6(7)8(10)11;/h2-4H,1H3,(H2,10,11);/p-1. The molecule has 1 aromatic rings. The average Bonchev–Trinajstić information content (AvgIpc) is 2.04. The van der Waals surface area contributed by atoms with Crippen molar-refractivity contribution in [2.75, 3.05) is 7.11 Å². The number of rotatable bonds is 2. The van der Waals surface area contributed by atoms with Crippen LogP contribution < -0.4 is 4.74 Å². The van der Waals surface area contributed by atoms with E-state index < -0.39 is 11.7 Å². The number of halogens is 1. The van der Waals surface area contributed by atoms with Crippen molar-refractivity contribution in [3.8, 4) is 5.75 Å². The van der Waals surface area contributed by atoms with Crippen molar-refractivity contribution in [1.82, 2.24) is 0 Å². The molecule has 13 heavy (non-hydrogen) atoms. The number of carbonyl (C=O) groups is 1. The first kappa shape index (κ1) is 12.1. The van der Waals surface area contributed by atoms with Crippen molar-refractivity contribution >= 4 is 5.91 Å². The number of ether oxygens (including phenoxy) is 1. The summed E-state index contributed by atoms with van der Waals surface area (Å²) < 4.78 is 17.3. The SMILES string of the molecule is COc1ccc(F)cc1C([NH-])=O.[Re]. The van der Waals surface area contributed by atoms with E-state index in [1.54, 1.807) is 0 Å². The number of carbonyl (C=O) groups excluding carboxylic acids is 1. The Morgan fingerprint density at radius 1 is 1.54 bits per heavy atom.